The summed E-state index contributed by atoms with van der Waals surface area (Å²) in [6.07, 6.45) is 0. The minimum absolute atomic E-state index is 0.0504. The lowest BCUT2D eigenvalue weighted by Crippen LogP contribution is -2.15. The van der Waals surface area contributed by atoms with Crippen molar-refractivity contribution in [3.63, 3.8) is 0 Å². The van der Waals surface area contributed by atoms with Crippen LogP contribution in [0, 0.1) is 20.8 Å². The molecule has 1 aromatic carbocycles. The maximum Gasteiger partial charge on any atom is 0.232 e. The highest BCUT2D eigenvalue weighted by Gasteiger charge is 2.16. The van der Waals surface area contributed by atoms with Crippen molar-refractivity contribution in [3.8, 4) is 0 Å². The van der Waals surface area contributed by atoms with E-state index in [9.17, 15) is 8.42 Å². The SMILES string of the molecule is CCS(=O)(=O)Nc1c(C)nn(Cc2ccccc2C)c1C. The molecule has 0 aliphatic heterocycles. The van der Waals surface area contributed by atoms with E-state index in [0.717, 1.165) is 5.69 Å². The van der Waals surface area contributed by atoms with Crippen LogP contribution in [0.2, 0.25) is 0 Å². The van der Waals surface area contributed by atoms with Crippen LogP contribution in [0.4, 0.5) is 5.69 Å². The normalized spacial score (nSPS) is 11.6. The molecule has 0 aliphatic carbocycles. The van der Waals surface area contributed by atoms with Gasteiger partial charge in [-0.25, -0.2) is 8.42 Å². The molecule has 1 N–H and O–H groups in total. The van der Waals surface area contributed by atoms with Gasteiger partial charge >= 0.3 is 0 Å². The Kier molecular flexibility index (Phi) is 4.37. The van der Waals surface area contributed by atoms with E-state index < -0.39 is 10.0 Å². The Balaban J connectivity index is 2.34. The number of hydrogen-bond acceptors (Lipinski definition) is 3. The van der Waals surface area contributed by atoms with E-state index in [1.807, 2.05) is 30.7 Å². The molecule has 0 fully saturated rings. The second-order valence-corrected chi connectivity index (χ2v) is 7.15. The molecule has 0 aliphatic rings. The first-order valence-corrected chi connectivity index (χ1v) is 8.58. The van der Waals surface area contributed by atoms with Gasteiger partial charge in [-0.1, -0.05) is 24.3 Å². The fourth-order valence-electron chi connectivity index (χ4n) is 2.18. The topological polar surface area (TPSA) is 64.0 Å². The third-order valence-corrected chi connectivity index (χ3v) is 4.88. The predicted molar refractivity (Wildman–Crippen MR) is 85.1 cm³/mol. The van der Waals surface area contributed by atoms with Gasteiger partial charge in [-0.15, -0.1) is 0 Å². The van der Waals surface area contributed by atoms with Crippen LogP contribution in [0.3, 0.4) is 0 Å². The highest BCUT2D eigenvalue weighted by Crippen LogP contribution is 2.22. The van der Waals surface area contributed by atoms with E-state index in [0.29, 0.717) is 17.9 Å². The fourth-order valence-corrected chi connectivity index (χ4v) is 2.93. The first-order chi connectivity index (χ1) is 9.84. The van der Waals surface area contributed by atoms with E-state index in [4.69, 9.17) is 0 Å². The van der Waals surface area contributed by atoms with Crippen molar-refractivity contribution < 1.29 is 8.42 Å². The number of nitrogens with one attached hydrogen (secondary N) is 1. The molecule has 0 spiro atoms. The van der Waals surface area contributed by atoms with E-state index in [2.05, 4.69) is 28.9 Å². The Hall–Kier alpha value is -1.82. The number of benzene rings is 1. The van der Waals surface area contributed by atoms with Crippen LogP contribution < -0.4 is 4.72 Å². The molecule has 1 aromatic heterocycles. The van der Waals surface area contributed by atoms with Crippen molar-refractivity contribution in [2.45, 2.75) is 34.2 Å². The maximum absolute atomic E-state index is 11.7. The molecule has 114 valence electrons. The van der Waals surface area contributed by atoms with Gasteiger partial charge in [0.1, 0.15) is 0 Å². The predicted octanol–water partition coefficient (Wildman–Crippen LogP) is 2.62. The summed E-state index contributed by atoms with van der Waals surface area (Å²) in [4.78, 5) is 0. The van der Waals surface area contributed by atoms with Crippen LogP contribution >= 0.6 is 0 Å². The molecule has 0 radical (unpaired) electrons. The summed E-state index contributed by atoms with van der Waals surface area (Å²) in [5, 5.41) is 4.45. The van der Waals surface area contributed by atoms with Gasteiger partial charge in [0.15, 0.2) is 0 Å². The molecule has 5 nitrogen and oxygen atoms in total. The lowest BCUT2D eigenvalue weighted by Gasteiger charge is -2.09. The molecule has 0 unspecified atom stereocenters. The third kappa shape index (κ3) is 3.44. The molecule has 21 heavy (non-hydrogen) atoms. The van der Waals surface area contributed by atoms with Gasteiger partial charge in [0, 0.05) is 0 Å². The van der Waals surface area contributed by atoms with Gasteiger partial charge in [-0.3, -0.25) is 9.40 Å². The second-order valence-electron chi connectivity index (χ2n) is 5.14. The first kappa shape index (κ1) is 15.6. The highest BCUT2D eigenvalue weighted by atomic mass is 32.2. The average molecular weight is 307 g/mol. The summed E-state index contributed by atoms with van der Waals surface area (Å²) in [5.74, 6) is 0.0504. The van der Waals surface area contributed by atoms with Gasteiger partial charge < -0.3 is 0 Å². The smallest absolute Gasteiger partial charge is 0.232 e. The largest absolute Gasteiger partial charge is 0.280 e. The van der Waals surface area contributed by atoms with Crippen LogP contribution in [-0.4, -0.2) is 24.0 Å². The van der Waals surface area contributed by atoms with Crippen molar-refractivity contribution in [3.05, 3.63) is 46.8 Å². The number of anilines is 1. The van der Waals surface area contributed by atoms with Crippen molar-refractivity contribution >= 4 is 15.7 Å². The lowest BCUT2D eigenvalue weighted by molar-refractivity contribution is 0.602. The van der Waals surface area contributed by atoms with Crippen molar-refractivity contribution in [2.75, 3.05) is 10.5 Å². The lowest BCUT2D eigenvalue weighted by atomic mass is 10.1. The van der Waals surface area contributed by atoms with Gasteiger partial charge in [0.2, 0.25) is 10.0 Å². The molecule has 0 saturated carbocycles. The molecule has 6 heteroatoms. The number of rotatable bonds is 5. The molecule has 0 bridgehead atoms. The summed E-state index contributed by atoms with van der Waals surface area (Å²) in [6, 6.07) is 8.11. The Morgan fingerprint density at radius 3 is 2.48 bits per heavy atom. The number of aryl methyl sites for hydroxylation is 2. The minimum atomic E-state index is -3.29. The van der Waals surface area contributed by atoms with E-state index in [1.54, 1.807) is 6.92 Å². The number of nitrogens with zero attached hydrogens (tertiary/aromatic N) is 2. The first-order valence-electron chi connectivity index (χ1n) is 6.93. The van der Waals surface area contributed by atoms with Crippen LogP contribution in [-0.2, 0) is 16.6 Å². The van der Waals surface area contributed by atoms with Gasteiger partial charge in [0.25, 0.3) is 0 Å². The minimum Gasteiger partial charge on any atom is -0.280 e. The molecular formula is C15H21N3O2S. The van der Waals surface area contributed by atoms with Gasteiger partial charge in [-0.2, -0.15) is 5.10 Å². The zero-order valence-corrected chi connectivity index (χ0v) is 13.7. The second kappa shape index (κ2) is 5.89. The Morgan fingerprint density at radius 2 is 1.86 bits per heavy atom. The highest BCUT2D eigenvalue weighted by molar-refractivity contribution is 7.92. The van der Waals surface area contributed by atoms with Crippen LogP contribution in [0.1, 0.15) is 29.4 Å². The average Bonchev–Trinajstić information content (AvgIpc) is 2.69. The van der Waals surface area contributed by atoms with Crippen molar-refractivity contribution in [2.24, 2.45) is 0 Å². The molecular weight excluding hydrogens is 286 g/mol. The van der Waals surface area contributed by atoms with Gasteiger partial charge in [0.05, 0.1) is 29.4 Å². The number of hydrogen-bond donors (Lipinski definition) is 1. The fraction of sp³-hybridized carbons (Fsp3) is 0.400. The Labute approximate surface area is 126 Å². The number of sulfonamides is 1. The summed E-state index contributed by atoms with van der Waals surface area (Å²) < 4.78 is 27.9. The van der Waals surface area contributed by atoms with E-state index in [1.165, 1.54) is 11.1 Å². The molecule has 2 aromatic rings. The third-order valence-electron chi connectivity index (χ3n) is 3.60. The van der Waals surface area contributed by atoms with Crippen LogP contribution in [0.15, 0.2) is 24.3 Å². The molecule has 0 atom stereocenters. The van der Waals surface area contributed by atoms with Crippen LogP contribution in [0.5, 0.6) is 0 Å². The van der Waals surface area contributed by atoms with E-state index >= 15 is 0 Å². The summed E-state index contributed by atoms with van der Waals surface area (Å²) in [6.45, 7) is 8.00. The molecule has 1 heterocycles. The zero-order valence-electron chi connectivity index (χ0n) is 12.8. The molecule has 2 rings (SSSR count). The monoisotopic (exact) mass is 307 g/mol. The summed E-state index contributed by atoms with van der Waals surface area (Å²) in [5.41, 5.74) is 4.48. The van der Waals surface area contributed by atoms with Crippen molar-refractivity contribution in [1.82, 2.24) is 9.78 Å². The zero-order chi connectivity index (χ0) is 15.6. The molecule has 0 amide bonds. The summed E-state index contributed by atoms with van der Waals surface area (Å²) >= 11 is 0. The summed E-state index contributed by atoms with van der Waals surface area (Å²) in [7, 11) is -3.29. The molecule has 0 saturated heterocycles. The maximum atomic E-state index is 11.7. The quantitative estimate of drug-likeness (QED) is 0.923. The standard InChI is InChI=1S/C15H21N3O2S/c1-5-21(19,20)17-15-12(3)16-18(13(15)4)10-14-9-7-6-8-11(14)2/h6-9,17H,5,10H2,1-4H3. The van der Waals surface area contributed by atoms with E-state index in [-0.39, 0.29) is 5.75 Å². The Morgan fingerprint density at radius 1 is 1.19 bits per heavy atom. The number of aromatic nitrogens is 2. The van der Waals surface area contributed by atoms with Crippen molar-refractivity contribution in [1.29, 1.82) is 0 Å². The van der Waals surface area contributed by atoms with Crippen LogP contribution in [0.25, 0.3) is 0 Å². The van der Waals surface area contributed by atoms with Gasteiger partial charge in [-0.05, 0) is 38.8 Å². The Bertz CT molecular complexity index is 748.